The molecule has 1 rings (SSSR count). The molecule has 0 atom stereocenters. The highest BCUT2D eigenvalue weighted by Crippen LogP contribution is 2.29. The summed E-state index contributed by atoms with van der Waals surface area (Å²) in [6.45, 7) is 1.58. The molecule has 1 aromatic rings. The Labute approximate surface area is 117 Å². The first-order chi connectivity index (χ1) is 9.32. The van der Waals surface area contributed by atoms with Gasteiger partial charge in [-0.05, 0) is 24.6 Å². The molecule has 0 aliphatic heterocycles. The summed E-state index contributed by atoms with van der Waals surface area (Å²) in [5, 5.41) is 8.91. The van der Waals surface area contributed by atoms with Crippen LogP contribution in [0.3, 0.4) is 0 Å². The lowest BCUT2D eigenvalue weighted by atomic mass is 10.0. The first kappa shape index (κ1) is 16.1. The van der Waals surface area contributed by atoms with Gasteiger partial charge < -0.3 is 9.47 Å². The Bertz CT molecular complexity index is 552. The van der Waals surface area contributed by atoms with E-state index >= 15 is 0 Å². The van der Waals surface area contributed by atoms with Gasteiger partial charge in [-0.15, -0.1) is 24.8 Å². The van der Waals surface area contributed by atoms with E-state index < -0.39 is 18.1 Å². The summed E-state index contributed by atoms with van der Waals surface area (Å²) in [6, 6.07) is 3.39. The van der Waals surface area contributed by atoms with Crippen LogP contribution in [-0.2, 0) is 10.6 Å². The molecule has 0 spiro atoms. The number of carbonyl (C=O) groups is 1. The highest BCUT2D eigenvalue weighted by Gasteiger charge is 2.32. The van der Waals surface area contributed by atoms with Crippen LogP contribution in [0.2, 0.25) is 0 Å². The van der Waals surface area contributed by atoms with Crippen molar-refractivity contribution in [2.45, 2.75) is 19.2 Å². The van der Waals surface area contributed by atoms with E-state index in [2.05, 4.69) is 4.74 Å². The fraction of sp³-hybridized carbons (Fsp3) is 0.333. The molecular formula is C12H9ClF3NO3. The summed E-state index contributed by atoms with van der Waals surface area (Å²) in [6.07, 6.45) is -4.93. The largest absolute Gasteiger partial charge is 0.573 e. The van der Waals surface area contributed by atoms with Crippen LogP contribution in [0.15, 0.2) is 12.1 Å². The summed E-state index contributed by atoms with van der Waals surface area (Å²) in [7, 11) is 0. The van der Waals surface area contributed by atoms with Gasteiger partial charge in [0.25, 0.3) is 0 Å². The molecule has 4 nitrogen and oxygen atoms in total. The summed E-state index contributed by atoms with van der Waals surface area (Å²) >= 11 is 5.62. The molecule has 0 radical (unpaired) electrons. The molecule has 20 heavy (non-hydrogen) atoms. The van der Waals surface area contributed by atoms with E-state index in [1.165, 1.54) is 0 Å². The van der Waals surface area contributed by atoms with Crippen molar-refractivity contribution < 1.29 is 27.4 Å². The third kappa shape index (κ3) is 4.03. The fourth-order valence-electron chi connectivity index (χ4n) is 1.47. The molecule has 1 aromatic carbocycles. The standard InChI is InChI=1S/C12H9ClF3NO3/c1-2-19-11(18)9-4-8(20-12(14,15)16)3-7(6-17)10(9)5-13/h3-4H,2,5H2,1H3. The Morgan fingerprint density at radius 3 is 2.55 bits per heavy atom. The number of carbonyl (C=O) groups excluding carboxylic acids is 1. The molecule has 108 valence electrons. The van der Waals surface area contributed by atoms with Crippen LogP contribution >= 0.6 is 11.6 Å². The molecule has 0 N–H and O–H groups in total. The molecule has 0 unspecified atom stereocenters. The van der Waals surface area contributed by atoms with E-state index in [9.17, 15) is 18.0 Å². The van der Waals surface area contributed by atoms with E-state index in [-0.39, 0.29) is 29.2 Å². The van der Waals surface area contributed by atoms with Crippen LogP contribution in [0.4, 0.5) is 13.2 Å². The smallest absolute Gasteiger partial charge is 0.462 e. The first-order valence-corrected chi connectivity index (χ1v) is 5.91. The SMILES string of the molecule is CCOC(=O)c1cc(OC(F)(F)F)cc(C#N)c1CCl. The minimum Gasteiger partial charge on any atom is -0.462 e. The van der Waals surface area contributed by atoms with E-state index in [0.29, 0.717) is 0 Å². The van der Waals surface area contributed by atoms with E-state index in [1.54, 1.807) is 13.0 Å². The van der Waals surface area contributed by atoms with Gasteiger partial charge in [-0.3, -0.25) is 0 Å². The molecule has 0 aliphatic carbocycles. The fourth-order valence-corrected chi connectivity index (χ4v) is 1.76. The van der Waals surface area contributed by atoms with E-state index in [0.717, 1.165) is 12.1 Å². The predicted molar refractivity (Wildman–Crippen MR) is 63.4 cm³/mol. The van der Waals surface area contributed by atoms with Gasteiger partial charge in [0, 0.05) is 5.88 Å². The normalized spacial score (nSPS) is 10.8. The number of nitrogens with zero attached hydrogens (tertiary/aromatic N) is 1. The highest BCUT2D eigenvalue weighted by atomic mass is 35.5. The lowest BCUT2D eigenvalue weighted by molar-refractivity contribution is -0.274. The quantitative estimate of drug-likeness (QED) is 0.632. The Morgan fingerprint density at radius 1 is 1.45 bits per heavy atom. The molecule has 8 heteroatoms. The number of hydrogen-bond donors (Lipinski definition) is 0. The van der Waals surface area contributed by atoms with Crippen LogP contribution in [0.5, 0.6) is 5.75 Å². The van der Waals surface area contributed by atoms with Gasteiger partial charge in [0.05, 0.1) is 23.8 Å². The number of benzene rings is 1. The second-order valence-corrected chi connectivity index (χ2v) is 3.78. The van der Waals surface area contributed by atoms with Crippen molar-refractivity contribution in [3.8, 4) is 11.8 Å². The van der Waals surface area contributed by atoms with Crippen molar-refractivity contribution in [3.05, 3.63) is 28.8 Å². The third-order valence-corrected chi connectivity index (χ3v) is 2.47. The Hall–Kier alpha value is -1.94. The molecule has 0 amide bonds. The molecule has 0 fully saturated rings. The number of hydrogen-bond acceptors (Lipinski definition) is 4. The molecule has 0 aliphatic rings. The van der Waals surface area contributed by atoms with Gasteiger partial charge in [0.1, 0.15) is 5.75 Å². The first-order valence-electron chi connectivity index (χ1n) is 5.38. The predicted octanol–water partition coefficient (Wildman–Crippen LogP) is 3.37. The number of nitriles is 1. The summed E-state index contributed by atoms with van der Waals surface area (Å²) in [5.41, 5.74) is -0.299. The van der Waals surface area contributed by atoms with Crippen LogP contribution in [0.25, 0.3) is 0 Å². The number of alkyl halides is 4. The lowest BCUT2D eigenvalue weighted by Crippen LogP contribution is -2.18. The van der Waals surface area contributed by atoms with Crippen LogP contribution in [0, 0.1) is 11.3 Å². The zero-order valence-electron chi connectivity index (χ0n) is 10.3. The Morgan fingerprint density at radius 2 is 2.10 bits per heavy atom. The maximum absolute atomic E-state index is 12.2. The van der Waals surface area contributed by atoms with Crippen molar-refractivity contribution in [1.82, 2.24) is 0 Å². The summed E-state index contributed by atoms with van der Waals surface area (Å²) in [5.74, 6) is -1.76. The molecule has 0 heterocycles. The van der Waals surface area contributed by atoms with Crippen molar-refractivity contribution in [1.29, 1.82) is 5.26 Å². The Kier molecular flexibility index (Phi) is 5.22. The average molecular weight is 308 g/mol. The van der Waals surface area contributed by atoms with Gasteiger partial charge in [0.2, 0.25) is 0 Å². The van der Waals surface area contributed by atoms with Gasteiger partial charge in [0.15, 0.2) is 0 Å². The highest BCUT2D eigenvalue weighted by molar-refractivity contribution is 6.18. The van der Waals surface area contributed by atoms with Gasteiger partial charge in [-0.25, -0.2) is 4.79 Å². The average Bonchev–Trinajstić information content (AvgIpc) is 2.35. The number of rotatable bonds is 4. The molecular weight excluding hydrogens is 299 g/mol. The topological polar surface area (TPSA) is 59.3 Å². The molecule has 0 aromatic heterocycles. The monoisotopic (exact) mass is 307 g/mol. The van der Waals surface area contributed by atoms with Gasteiger partial charge in [-0.2, -0.15) is 5.26 Å². The maximum atomic E-state index is 12.2. The molecule has 0 saturated carbocycles. The zero-order chi connectivity index (χ0) is 15.3. The van der Waals surface area contributed by atoms with Gasteiger partial charge in [-0.1, -0.05) is 0 Å². The summed E-state index contributed by atoms with van der Waals surface area (Å²) < 4.78 is 45.0. The van der Waals surface area contributed by atoms with E-state index in [1.807, 2.05) is 0 Å². The third-order valence-electron chi connectivity index (χ3n) is 2.21. The van der Waals surface area contributed by atoms with Crippen molar-refractivity contribution in [2.75, 3.05) is 6.61 Å². The minimum atomic E-state index is -4.93. The minimum absolute atomic E-state index is 0.0345. The van der Waals surface area contributed by atoms with Crippen molar-refractivity contribution >= 4 is 17.6 Å². The number of esters is 1. The van der Waals surface area contributed by atoms with E-state index in [4.69, 9.17) is 21.6 Å². The lowest BCUT2D eigenvalue weighted by Gasteiger charge is -2.13. The van der Waals surface area contributed by atoms with Crippen molar-refractivity contribution in [2.24, 2.45) is 0 Å². The zero-order valence-corrected chi connectivity index (χ0v) is 11.0. The Balaban J connectivity index is 3.35. The second kappa shape index (κ2) is 6.48. The second-order valence-electron chi connectivity index (χ2n) is 3.51. The van der Waals surface area contributed by atoms with Crippen LogP contribution in [0.1, 0.15) is 28.4 Å². The maximum Gasteiger partial charge on any atom is 0.573 e. The van der Waals surface area contributed by atoms with Gasteiger partial charge >= 0.3 is 12.3 Å². The summed E-state index contributed by atoms with van der Waals surface area (Å²) in [4.78, 5) is 11.7. The number of halogens is 4. The molecule has 0 bridgehead atoms. The molecule has 0 saturated heterocycles. The number of ether oxygens (including phenoxy) is 2. The van der Waals surface area contributed by atoms with Crippen LogP contribution in [-0.4, -0.2) is 18.9 Å². The van der Waals surface area contributed by atoms with Crippen molar-refractivity contribution in [3.63, 3.8) is 0 Å². The van der Waals surface area contributed by atoms with Crippen LogP contribution < -0.4 is 4.74 Å².